The van der Waals surface area contributed by atoms with Crippen molar-refractivity contribution in [1.29, 1.82) is 0 Å². The van der Waals surface area contributed by atoms with Crippen molar-refractivity contribution in [3.05, 3.63) is 23.8 Å². The summed E-state index contributed by atoms with van der Waals surface area (Å²) in [5.41, 5.74) is 6.96. The molecular formula is C28H49ClN2O5. The SMILES string of the molecule is CCCCC(C)(C)C(=O)N(Cl)C[C@H](O)[C@@H](N)C[C@H](Cc1ccc(OC)c(OCCCOC)c1)C(C)C. The highest BCUT2D eigenvalue weighted by Gasteiger charge is 2.33. The van der Waals surface area contributed by atoms with E-state index >= 15 is 0 Å². The Morgan fingerprint density at radius 2 is 1.86 bits per heavy atom. The summed E-state index contributed by atoms with van der Waals surface area (Å²) in [6.07, 6.45) is 3.98. The number of carbonyl (C=O) groups is 1. The number of amides is 1. The maximum Gasteiger partial charge on any atom is 0.242 e. The topological polar surface area (TPSA) is 94.3 Å². The number of nitrogens with two attached hydrogens (primary N) is 1. The summed E-state index contributed by atoms with van der Waals surface area (Å²) in [7, 11) is 3.30. The molecule has 0 heterocycles. The Labute approximate surface area is 223 Å². The Morgan fingerprint density at radius 3 is 2.44 bits per heavy atom. The van der Waals surface area contributed by atoms with Crippen LogP contribution in [0.3, 0.4) is 0 Å². The third-order valence-electron chi connectivity index (χ3n) is 6.79. The predicted octanol–water partition coefficient (Wildman–Crippen LogP) is 5.20. The van der Waals surface area contributed by atoms with Gasteiger partial charge < -0.3 is 25.1 Å². The molecule has 1 amide bonds. The van der Waals surface area contributed by atoms with Crippen molar-refractivity contribution < 1.29 is 24.1 Å². The average Bonchev–Trinajstić information content (AvgIpc) is 2.84. The average molecular weight is 529 g/mol. The first kappa shape index (κ1) is 32.5. The van der Waals surface area contributed by atoms with Crippen molar-refractivity contribution in [1.82, 2.24) is 4.42 Å². The van der Waals surface area contributed by atoms with E-state index in [4.69, 9.17) is 31.7 Å². The van der Waals surface area contributed by atoms with E-state index in [1.165, 1.54) is 0 Å². The third-order valence-corrected chi connectivity index (χ3v) is 7.08. The summed E-state index contributed by atoms with van der Waals surface area (Å²) < 4.78 is 17.6. The van der Waals surface area contributed by atoms with Crippen LogP contribution in [0, 0.1) is 17.3 Å². The van der Waals surface area contributed by atoms with E-state index in [0.29, 0.717) is 37.1 Å². The van der Waals surface area contributed by atoms with E-state index in [-0.39, 0.29) is 18.4 Å². The molecule has 0 aliphatic heterocycles. The second-order valence-corrected chi connectivity index (χ2v) is 11.1. The Morgan fingerprint density at radius 1 is 1.17 bits per heavy atom. The fourth-order valence-corrected chi connectivity index (χ4v) is 4.55. The molecule has 3 atom stereocenters. The fourth-order valence-electron chi connectivity index (χ4n) is 4.18. The summed E-state index contributed by atoms with van der Waals surface area (Å²) >= 11 is 6.30. The van der Waals surface area contributed by atoms with Crippen LogP contribution in [-0.2, 0) is 16.0 Å². The van der Waals surface area contributed by atoms with Crippen LogP contribution < -0.4 is 15.2 Å². The first-order chi connectivity index (χ1) is 17.0. The molecular weight excluding hydrogens is 480 g/mol. The molecule has 0 aliphatic rings. The second-order valence-electron chi connectivity index (χ2n) is 10.7. The maximum atomic E-state index is 12.8. The first-order valence-corrected chi connectivity index (χ1v) is 13.5. The molecule has 36 heavy (non-hydrogen) atoms. The van der Waals surface area contributed by atoms with E-state index in [1.54, 1.807) is 14.2 Å². The molecule has 208 valence electrons. The molecule has 0 saturated heterocycles. The lowest BCUT2D eigenvalue weighted by atomic mass is 9.83. The number of ether oxygens (including phenoxy) is 3. The number of aliphatic hydroxyl groups is 1. The zero-order valence-electron chi connectivity index (χ0n) is 23.4. The van der Waals surface area contributed by atoms with Gasteiger partial charge in [0, 0.05) is 43.4 Å². The van der Waals surface area contributed by atoms with Gasteiger partial charge in [0.2, 0.25) is 5.91 Å². The van der Waals surface area contributed by atoms with E-state index in [2.05, 4.69) is 20.8 Å². The lowest BCUT2D eigenvalue weighted by Gasteiger charge is -2.31. The lowest BCUT2D eigenvalue weighted by Crippen LogP contribution is -2.46. The van der Waals surface area contributed by atoms with Gasteiger partial charge in [0.15, 0.2) is 11.5 Å². The predicted molar refractivity (Wildman–Crippen MR) is 146 cm³/mol. The number of nitrogens with zero attached hydrogens (tertiary/aromatic N) is 1. The largest absolute Gasteiger partial charge is 0.493 e. The minimum absolute atomic E-state index is 0.00389. The summed E-state index contributed by atoms with van der Waals surface area (Å²) in [5.74, 6) is 1.79. The van der Waals surface area contributed by atoms with Gasteiger partial charge in [-0.25, -0.2) is 0 Å². The van der Waals surface area contributed by atoms with Crippen LogP contribution in [0.2, 0.25) is 0 Å². The van der Waals surface area contributed by atoms with E-state index in [1.807, 2.05) is 32.0 Å². The molecule has 0 aromatic heterocycles. The summed E-state index contributed by atoms with van der Waals surface area (Å²) in [4.78, 5) is 12.8. The summed E-state index contributed by atoms with van der Waals surface area (Å²) in [5, 5.41) is 10.8. The van der Waals surface area contributed by atoms with Gasteiger partial charge in [0.25, 0.3) is 0 Å². The Balaban J connectivity index is 2.80. The molecule has 1 aromatic rings. The quantitative estimate of drug-likeness (QED) is 0.201. The van der Waals surface area contributed by atoms with Crippen molar-refractivity contribution in [2.45, 2.75) is 85.3 Å². The monoisotopic (exact) mass is 528 g/mol. The smallest absolute Gasteiger partial charge is 0.242 e. The lowest BCUT2D eigenvalue weighted by molar-refractivity contribution is -0.136. The molecule has 0 saturated carbocycles. The zero-order chi connectivity index (χ0) is 27.3. The van der Waals surface area contributed by atoms with Crippen LogP contribution in [0.25, 0.3) is 0 Å². The number of methoxy groups -OCH3 is 2. The minimum Gasteiger partial charge on any atom is -0.493 e. The highest BCUT2D eigenvalue weighted by molar-refractivity contribution is 6.21. The van der Waals surface area contributed by atoms with Gasteiger partial charge >= 0.3 is 0 Å². The van der Waals surface area contributed by atoms with Crippen LogP contribution in [0.5, 0.6) is 11.5 Å². The standard InChI is InChI=1S/C28H49ClN2O5/c1-8-9-13-28(4,5)27(33)31(29)19-24(32)23(30)18-22(20(2)3)16-21-11-12-25(35-7)26(17-21)36-15-10-14-34-6/h11-12,17,20,22-24,32H,8-10,13-16,18-19,30H2,1-7H3/t22-,23-,24-/m0/s1. The molecule has 0 bridgehead atoms. The molecule has 7 nitrogen and oxygen atoms in total. The van der Waals surface area contributed by atoms with Crippen molar-refractivity contribution in [2.75, 3.05) is 34.0 Å². The zero-order valence-corrected chi connectivity index (χ0v) is 24.1. The highest BCUT2D eigenvalue weighted by atomic mass is 35.5. The highest BCUT2D eigenvalue weighted by Crippen LogP contribution is 2.32. The molecule has 8 heteroatoms. The number of benzene rings is 1. The van der Waals surface area contributed by atoms with Crippen molar-refractivity contribution >= 4 is 17.7 Å². The van der Waals surface area contributed by atoms with Gasteiger partial charge in [0.1, 0.15) is 0 Å². The second kappa shape index (κ2) is 16.3. The van der Waals surface area contributed by atoms with Crippen LogP contribution in [0.1, 0.15) is 72.3 Å². The number of unbranched alkanes of at least 4 members (excludes halogenated alkanes) is 1. The molecule has 0 spiro atoms. The van der Waals surface area contributed by atoms with E-state index < -0.39 is 17.6 Å². The number of aliphatic hydroxyl groups excluding tert-OH is 1. The van der Waals surface area contributed by atoms with E-state index in [9.17, 15) is 9.90 Å². The molecule has 0 fully saturated rings. The molecule has 0 unspecified atom stereocenters. The number of hydrogen-bond donors (Lipinski definition) is 2. The van der Waals surface area contributed by atoms with Gasteiger partial charge in [-0.2, -0.15) is 0 Å². The maximum absolute atomic E-state index is 12.8. The number of rotatable bonds is 18. The van der Waals surface area contributed by atoms with Crippen LogP contribution >= 0.6 is 11.8 Å². The minimum atomic E-state index is -0.912. The Kier molecular flexibility index (Phi) is 14.7. The van der Waals surface area contributed by atoms with Crippen molar-refractivity contribution in [3.63, 3.8) is 0 Å². The molecule has 0 aliphatic carbocycles. The van der Waals surface area contributed by atoms with Crippen LogP contribution in [-0.4, -0.2) is 61.6 Å². The summed E-state index contributed by atoms with van der Waals surface area (Å²) in [6.45, 7) is 11.4. The third kappa shape index (κ3) is 10.8. The van der Waals surface area contributed by atoms with Crippen molar-refractivity contribution in [3.8, 4) is 11.5 Å². The molecule has 1 rings (SSSR count). The van der Waals surface area contributed by atoms with Gasteiger partial charge in [-0.1, -0.05) is 53.5 Å². The van der Waals surface area contributed by atoms with Crippen LogP contribution in [0.15, 0.2) is 18.2 Å². The molecule has 3 N–H and O–H groups in total. The van der Waals surface area contributed by atoms with Gasteiger partial charge in [-0.3, -0.25) is 9.21 Å². The summed E-state index contributed by atoms with van der Waals surface area (Å²) in [6, 6.07) is 5.47. The number of carbonyl (C=O) groups excluding carboxylic acids is 1. The first-order valence-electron chi connectivity index (χ1n) is 13.2. The van der Waals surface area contributed by atoms with Crippen LogP contribution in [0.4, 0.5) is 0 Å². The Bertz CT molecular complexity index is 774. The molecule has 0 radical (unpaired) electrons. The number of hydrogen-bond acceptors (Lipinski definition) is 6. The fraction of sp³-hybridized carbons (Fsp3) is 0.750. The number of halogens is 1. The molecule has 1 aromatic carbocycles. The van der Waals surface area contributed by atoms with Gasteiger partial charge in [-0.15, -0.1) is 0 Å². The van der Waals surface area contributed by atoms with Gasteiger partial charge in [0.05, 0.1) is 26.4 Å². The Hall–Kier alpha value is -1.54. The normalized spacial score (nSPS) is 14.4. The van der Waals surface area contributed by atoms with Gasteiger partial charge in [-0.05, 0) is 48.8 Å². The van der Waals surface area contributed by atoms with E-state index in [0.717, 1.165) is 42.1 Å². The van der Waals surface area contributed by atoms with Crippen molar-refractivity contribution in [2.24, 2.45) is 23.0 Å².